The molecule has 1 aliphatic heterocycles. The fourth-order valence-electron chi connectivity index (χ4n) is 5.98. The standard InChI is InChI=1S/C32H35ClO3S/c1-3-10-28(34)26(25-15-16-29(37-2)27(33)20-25)19-22-17-18-32(21-22)35-30(23-11-6-4-7-12-23)31(36-32)24-13-8-5-9-14-24/h4-9,11-16,20,22,26,30-31H,3,10,17-19,21H2,1-2H3/t22-,26?,30-,31-/m1/s1. The number of carbonyl (C=O) groups excluding carboxylic acids is 1. The zero-order chi connectivity index (χ0) is 25.8. The first kappa shape index (κ1) is 26.5. The molecule has 3 aromatic carbocycles. The molecule has 5 heteroatoms. The minimum atomic E-state index is -0.621. The fourth-order valence-corrected chi connectivity index (χ4v) is 6.85. The van der Waals surface area contributed by atoms with Crippen molar-refractivity contribution < 1.29 is 14.3 Å². The van der Waals surface area contributed by atoms with E-state index < -0.39 is 5.79 Å². The van der Waals surface area contributed by atoms with Crippen LogP contribution in [-0.4, -0.2) is 17.8 Å². The molecule has 2 fully saturated rings. The molecule has 0 N–H and O–H groups in total. The van der Waals surface area contributed by atoms with Gasteiger partial charge in [-0.15, -0.1) is 11.8 Å². The molecule has 0 amide bonds. The van der Waals surface area contributed by atoms with E-state index in [1.807, 2.05) is 30.5 Å². The van der Waals surface area contributed by atoms with Crippen LogP contribution < -0.4 is 0 Å². The first-order valence-electron chi connectivity index (χ1n) is 13.3. The first-order valence-corrected chi connectivity index (χ1v) is 14.9. The molecule has 194 valence electrons. The lowest BCUT2D eigenvalue weighted by molar-refractivity contribution is -0.173. The normalized spacial score (nSPS) is 23.4. The van der Waals surface area contributed by atoms with Gasteiger partial charge in [0.2, 0.25) is 0 Å². The van der Waals surface area contributed by atoms with Crippen molar-refractivity contribution in [3.8, 4) is 0 Å². The molecular weight excluding hydrogens is 500 g/mol. The molecule has 1 saturated carbocycles. The van der Waals surface area contributed by atoms with Gasteiger partial charge in [0.1, 0.15) is 18.0 Å². The molecule has 1 heterocycles. The Balaban J connectivity index is 1.37. The Hall–Kier alpha value is -2.11. The van der Waals surface area contributed by atoms with E-state index in [9.17, 15) is 4.79 Å². The third kappa shape index (κ3) is 5.83. The highest BCUT2D eigenvalue weighted by Crippen LogP contribution is 2.55. The van der Waals surface area contributed by atoms with Crippen molar-refractivity contribution in [3.63, 3.8) is 0 Å². The van der Waals surface area contributed by atoms with Gasteiger partial charge in [0.05, 0.1) is 5.02 Å². The SMILES string of the molecule is CCCC(=O)C(C[C@H]1CCC2(C1)O[C@H](c1ccccc1)[C@@H](c1ccccc1)O2)c1ccc(SC)c(Cl)c1. The summed E-state index contributed by atoms with van der Waals surface area (Å²) in [6.45, 7) is 2.07. The van der Waals surface area contributed by atoms with Gasteiger partial charge in [-0.05, 0) is 60.3 Å². The van der Waals surface area contributed by atoms with Gasteiger partial charge < -0.3 is 9.47 Å². The second-order valence-corrected chi connectivity index (χ2v) is 11.6. The zero-order valence-electron chi connectivity index (χ0n) is 21.6. The lowest BCUT2D eigenvalue weighted by atomic mass is 9.83. The molecule has 4 atom stereocenters. The number of halogens is 1. The van der Waals surface area contributed by atoms with Crippen LogP contribution in [0.1, 0.15) is 80.3 Å². The number of hydrogen-bond donors (Lipinski definition) is 0. The van der Waals surface area contributed by atoms with Crippen molar-refractivity contribution >= 4 is 29.1 Å². The third-order valence-electron chi connectivity index (χ3n) is 7.78. The molecule has 1 saturated heterocycles. The molecule has 3 nitrogen and oxygen atoms in total. The quantitative estimate of drug-likeness (QED) is 0.257. The average molecular weight is 535 g/mol. The van der Waals surface area contributed by atoms with Gasteiger partial charge in [0.15, 0.2) is 5.79 Å². The van der Waals surface area contributed by atoms with Crippen LogP contribution in [0.25, 0.3) is 0 Å². The van der Waals surface area contributed by atoms with E-state index in [0.717, 1.165) is 58.7 Å². The number of thioether (sulfide) groups is 1. The first-order chi connectivity index (χ1) is 18.0. The zero-order valence-corrected chi connectivity index (χ0v) is 23.1. The van der Waals surface area contributed by atoms with Crippen LogP contribution in [0.3, 0.4) is 0 Å². The Labute approximate surface area is 229 Å². The summed E-state index contributed by atoms with van der Waals surface area (Å²) >= 11 is 8.17. The van der Waals surface area contributed by atoms with Crippen LogP contribution in [0.5, 0.6) is 0 Å². The largest absolute Gasteiger partial charge is 0.339 e. The molecule has 5 rings (SSSR count). The van der Waals surface area contributed by atoms with Gasteiger partial charge >= 0.3 is 0 Å². The van der Waals surface area contributed by atoms with Crippen molar-refractivity contribution in [1.82, 2.24) is 0 Å². The molecule has 2 aliphatic rings. The fraction of sp³-hybridized carbons (Fsp3) is 0.406. The highest BCUT2D eigenvalue weighted by Gasteiger charge is 2.52. The van der Waals surface area contributed by atoms with Gasteiger partial charge in [-0.2, -0.15) is 0 Å². The van der Waals surface area contributed by atoms with E-state index >= 15 is 0 Å². The van der Waals surface area contributed by atoms with Crippen molar-refractivity contribution in [2.24, 2.45) is 5.92 Å². The Kier molecular flexibility index (Phi) is 8.40. The Morgan fingerprint density at radius 1 is 1.00 bits per heavy atom. The molecule has 3 aromatic rings. The van der Waals surface area contributed by atoms with E-state index in [1.165, 1.54) is 0 Å². The molecule has 0 aromatic heterocycles. The maximum absolute atomic E-state index is 13.3. The lowest BCUT2D eigenvalue weighted by Gasteiger charge is -2.25. The summed E-state index contributed by atoms with van der Waals surface area (Å²) in [5.74, 6) is -0.126. The number of ketones is 1. The Bertz CT molecular complexity index is 1150. The summed E-state index contributed by atoms with van der Waals surface area (Å²) in [5.41, 5.74) is 3.30. The molecule has 1 spiro atoms. The van der Waals surface area contributed by atoms with E-state index in [2.05, 4.69) is 61.5 Å². The van der Waals surface area contributed by atoms with Crippen LogP contribution >= 0.6 is 23.4 Å². The predicted molar refractivity (Wildman–Crippen MR) is 151 cm³/mol. The maximum atomic E-state index is 13.3. The Morgan fingerprint density at radius 2 is 1.62 bits per heavy atom. The summed E-state index contributed by atoms with van der Waals surface area (Å²) in [5, 5.41) is 0.723. The van der Waals surface area contributed by atoms with Crippen LogP contribution in [-0.2, 0) is 14.3 Å². The number of hydrogen-bond acceptors (Lipinski definition) is 4. The van der Waals surface area contributed by atoms with Crippen LogP contribution in [0.4, 0.5) is 0 Å². The molecule has 0 bridgehead atoms. The molecular formula is C32H35ClO3S. The van der Waals surface area contributed by atoms with Crippen LogP contribution in [0.15, 0.2) is 83.8 Å². The van der Waals surface area contributed by atoms with Crippen molar-refractivity contribution in [2.75, 3.05) is 6.26 Å². The van der Waals surface area contributed by atoms with Gasteiger partial charge in [0.25, 0.3) is 0 Å². The monoisotopic (exact) mass is 534 g/mol. The summed E-state index contributed by atoms with van der Waals surface area (Å²) in [6, 6.07) is 26.9. The van der Waals surface area contributed by atoms with E-state index in [1.54, 1.807) is 11.8 Å². The van der Waals surface area contributed by atoms with Gasteiger partial charge in [-0.25, -0.2) is 0 Å². The van der Waals surface area contributed by atoms with Crippen molar-refractivity contribution in [2.45, 2.75) is 74.3 Å². The number of benzene rings is 3. The number of rotatable bonds is 9. The predicted octanol–water partition coefficient (Wildman–Crippen LogP) is 8.93. The summed E-state index contributed by atoms with van der Waals surface area (Å²) in [6.07, 6.45) is 6.57. The van der Waals surface area contributed by atoms with Crippen LogP contribution in [0, 0.1) is 5.92 Å². The van der Waals surface area contributed by atoms with Gasteiger partial charge in [0, 0.05) is 30.1 Å². The minimum Gasteiger partial charge on any atom is -0.339 e. The van der Waals surface area contributed by atoms with Gasteiger partial charge in [-0.3, -0.25) is 4.79 Å². The summed E-state index contributed by atoms with van der Waals surface area (Å²) < 4.78 is 13.6. The van der Waals surface area contributed by atoms with Gasteiger partial charge in [-0.1, -0.05) is 85.3 Å². The molecule has 1 unspecified atom stereocenters. The second kappa shape index (κ2) is 11.7. The molecule has 0 radical (unpaired) electrons. The number of carbonyl (C=O) groups is 1. The summed E-state index contributed by atoms with van der Waals surface area (Å²) in [7, 11) is 0. The average Bonchev–Trinajstić information content (AvgIpc) is 3.51. The highest BCUT2D eigenvalue weighted by molar-refractivity contribution is 7.98. The van der Waals surface area contributed by atoms with Crippen LogP contribution in [0.2, 0.25) is 5.02 Å². The van der Waals surface area contributed by atoms with Crippen molar-refractivity contribution in [3.05, 3.63) is 101 Å². The lowest BCUT2D eigenvalue weighted by Crippen LogP contribution is -2.27. The smallest absolute Gasteiger partial charge is 0.170 e. The van der Waals surface area contributed by atoms with E-state index in [-0.39, 0.29) is 18.1 Å². The maximum Gasteiger partial charge on any atom is 0.170 e. The van der Waals surface area contributed by atoms with E-state index in [0.29, 0.717) is 18.1 Å². The molecule has 1 aliphatic carbocycles. The van der Waals surface area contributed by atoms with Crippen molar-refractivity contribution in [1.29, 1.82) is 0 Å². The Morgan fingerprint density at radius 3 is 2.16 bits per heavy atom. The molecule has 37 heavy (non-hydrogen) atoms. The van der Waals surface area contributed by atoms with E-state index in [4.69, 9.17) is 21.1 Å². The second-order valence-electron chi connectivity index (χ2n) is 10.3. The number of ether oxygens (including phenoxy) is 2. The third-order valence-corrected chi connectivity index (χ3v) is 9.00. The number of Topliss-reactive ketones (excluding diaryl/α,β-unsaturated/α-hetero) is 1. The summed E-state index contributed by atoms with van der Waals surface area (Å²) in [4.78, 5) is 14.3. The topological polar surface area (TPSA) is 35.5 Å². The minimum absolute atomic E-state index is 0.148. The highest BCUT2D eigenvalue weighted by atomic mass is 35.5.